The van der Waals surface area contributed by atoms with Gasteiger partial charge in [0.2, 0.25) is 0 Å². The van der Waals surface area contributed by atoms with E-state index in [2.05, 4.69) is 12.2 Å². The number of amides is 2. The molecule has 0 spiro atoms. The van der Waals surface area contributed by atoms with Gasteiger partial charge in [0.05, 0.1) is 18.7 Å². The number of ether oxygens (including phenoxy) is 2. The van der Waals surface area contributed by atoms with Crippen molar-refractivity contribution in [3.05, 3.63) is 59.2 Å². The predicted octanol–water partition coefficient (Wildman–Crippen LogP) is 3.81. The minimum Gasteiger partial charge on any atom is -0.467 e. The van der Waals surface area contributed by atoms with E-state index in [0.29, 0.717) is 17.7 Å². The van der Waals surface area contributed by atoms with Crippen LogP contribution in [0.3, 0.4) is 0 Å². The van der Waals surface area contributed by atoms with Crippen LogP contribution in [0.5, 0.6) is 5.75 Å². The highest BCUT2D eigenvalue weighted by atomic mass is 16.5. The molecule has 2 aromatic carbocycles. The largest absolute Gasteiger partial charge is 0.467 e. The number of urea groups is 1. The van der Waals surface area contributed by atoms with Crippen LogP contribution in [0.4, 0.5) is 10.5 Å². The first-order valence-corrected chi connectivity index (χ1v) is 9.06. The first-order chi connectivity index (χ1) is 12.9. The van der Waals surface area contributed by atoms with E-state index >= 15 is 0 Å². The molecule has 6 nitrogen and oxygen atoms in total. The van der Waals surface area contributed by atoms with Gasteiger partial charge in [-0.3, -0.25) is 4.90 Å². The second kappa shape index (κ2) is 6.30. The summed E-state index contributed by atoms with van der Waals surface area (Å²) in [5, 5.41) is 3.05. The van der Waals surface area contributed by atoms with E-state index in [1.165, 1.54) is 7.11 Å². The Morgan fingerprint density at radius 2 is 2.15 bits per heavy atom. The minimum absolute atomic E-state index is 0.212. The lowest BCUT2D eigenvalue weighted by molar-refractivity contribution is 0.0377. The molecule has 140 valence electrons. The molecule has 0 saturated carbocycles. The number of hydrogen-bond donors (Lipinski definition) is 1. The lowest BCUT2D eigenvalue weighted by Gasteiger charge is -2.50. The molecule has 1 saturated heterocycles. The Hall–Kier alpha value is -3.02. The number of nitrogens with zero attached hydrogens (tertiary/aromatic N) is 1. The number of methoxy groups -OCH3 is 1. The van der Waals surface area contributed by atoms with Crippen LogP contribution in [0.1, 0.15) is 47.8 Å². The highest BCUT2D eigenvalue weighted by molar-refractivity contribution is 5.95. The topological polar surface area (TPSA) is 67.9 Å². The number of esters is 1. The van der Waals surface area contributed by atoms with Crippen LogP contribution in [0.2, 0.25) is 0 Å². The van der Waals surface area contributed by atoms with Gasteiger partial charge in [-0.2, -0.15) is 0 Å². The van der Waals surface area contributed by atoms with Crippen molar-refractivity contribution >= 4 is 17.7 Å². The Morgan fingerprint density at radius 3 is 2.89 bits per heavy atom. The van der Waals surface area contributed by atoms with E-state index in [9.17, 15) is 9.59 Å². The maximum Gasteiger partial charge on any atom is 0.337 e. The van der Waals surface area contributed by atoms with Gasteiger partial charge in [-0.15, -0.1) is 0 Å². The molecular formula is C21H22N2O4. The average Bonchev–Trinajstić information content (AvgIpc) is 2.66. The van der Waals surface area contributed by atoms with Crippen molar-refractivity contribution in [3.63, 3.8) is 0 Å². The van der Waals surface area contributed by atoms with E-state index in [0.717, 1.165) is 23.2 Å². The highest BCUT2D eigenvalue weighted by Crippen LogP contribution is 2.45. The Morgan fingerprint density at radius 1 is 1.33 bits per heavy atom. The van der Waals surface area contributed by atoms with Crippen molar-refractivity contribution in [1.29, 1.82) is 0 Å². The number of nitrogens with one attached hydrogen (secondary N) is 1. The third-order valence-corrected chi connectivity index (χ3v) is 5.27. The molecule has 1 fully saturated rings. The zero-order valence-corrected chi connectivity index (χ0v) is 15.6. The summed E-state index contributed by atoms with van der Waals surface area (Å²) in [5.74, 6) is 0.254. The lowest BCUT2D eigenvalue weighted by Crippen LogP contribution is -2.65. The molecule has 27 heavy (non-hydrogen) atoms. The monoisotopic (exact) mass is 366 g/mol. The maximum atomic E-state index is 12.9. The number of hydrogen-bond acceptors (Lipinski definition) is 4. The number of carbonyl (C=O) groups excluding carboxylic acids is 2. The first-order valence-electron chi connectivity index (χ1n) is 9.06. The summed E-state index contributed by atoms with van der Waals surface area (Å²) in [6.45, 7) is 4.01. The third-order valence-electron chi connectivity index (χ3n) is 5.27. The summed E-state index contributed by atoms with van der Waals surface area (Å²) in [7, 11) is 1.35. The van der Waals surface area contributed by atoms with Gasteiger partial charge < -0.3 is 14.8 Å². The van der Waals surface area contributed by atoms with Crippen molar-refractivity contribution in [1.82, 2.24) is 5.32 Å². The minimum atomic E-state index is -0.806. The summed E-state index contributed by atoms with van der Waals surface area (Å²) in [4.78, 5) is 26.5. The molecule has 2 amide bonds. The van der Waals surface area contributed by atoms with Crippen molar-refractivity contribution in [3.8, 4) is 5.75 Å². The van der Waals surface area contributed by atoms with Gasteiger partial charge in [0.25, 0.3) is 0 Å². The van der Waals surface area contributed by atoms with Crippen LogP contribution in [0.15, 0.2) is 42.5 Å². The summed E-state index contributed by atoms with van der Waals surface area (Å²) in [5.41, 5.74) is 2.40. The van der Waals surface area contributed by atoms with E-state index in [-0.39, 0.29) is 12.1 Å². The molecule has 2 aliphatic heterocycles. The van der Waals surface area contributed by atoms with Gasteiger partial charge in [0.1, 0.15) is 5.75 Å². The fraction of sp³-hybridized carbons (Fsp3) is 0.333. The molecule has 2 bridgehead atoms. The number of aryl methyl sites for hydroxylation is 1. The number of anilines is 1. The van der Waals surface area contributed by atoms with E-state index in [4.69, 9.17) is 9.47 Å². The summed E-state index contributed by atoms with van der Waals surface area (Å²) in [6.07, 6.45) is 1.47. The normalized spacial score (nSPS) is 23.1. The second-order valence-corrected chi connectivity index (χ2v) is 7.09. The lowest BCUT2D eigenvalue weighted by atomic mass is 9.89. The molecule has 0 radical (unpaired) electrons. The molecule has 6 heteroatoms. The van der Waals surface area contributed by atoms with Crippen LogP contribution in [-0.2, 0) is 11.2 Å². The van der Waals surface area contributed by atoms with Crippen LogP contribution >= 0.6 is 0 Å². The molecule has 2 heterocycles. The van der Waals surface area contributed by atoms with Gasteiger partial charge in [0.15, 0.2) is 5.72 Å². The molecule has 1 N–H and O–H groups in total. The zero-order valence-electron chi connectivity index (χ0n) is 15.6. The van der Waals surface area contributed by atoms with Crippen LogP contribution in [-0.4, -0.2) is 24.8 Å². The standard InChI is InChI=1S/C21H22N2O4/c1-4-13-6-5-7-15(10-13)23-20(25)22-17-12-21(23,2)27-18-9-8-14(11-16(17)18)19(24)26-3/h5-11,17H,4,12H2,1-3H3,(H,22,25)/t17-,21-/m0/s1. The van der Waals surface area contributed by atoms with Gasteiger partial charge in [-0.05, 0) is 49.2 Å². The van der Waals surface area contributed by atoms with Crippen molar-refractivity contribution in [2.24, 2.45) is 0 Å². The Balaban J connectivity index is 1.75. The van der Waals surface area contributed by atoms with Crippen LogP contribution in [0, 0.1) is 0 Å². The third kappa shape index (κ3) is 2.81. The first kappa shape index (κ1) is 17.4. The predicted molar refractivity (Wildman–Crippen MR) is 101 cm³/mol. The quantitative estimate of drug-likeness (QED) is 0.839. The zero-order chi connectivity index (χ0) is 19.2. The van der Waals surface area contributed by atoms with Gasteiger partial charge in [-0.25, -0.2) is 9.59 Å². The summed E-state index contributed by atoms with van der Waals surface area (Å²) < 4.78 is 11.1. The van der Waals surface area contributed by atoms with Gasteiger partial charge in [-0.1, -0.05) is 19.1 Å². The number of fused-ring (bicyclic) bond motifs is 4. The van der Waals surface area contributed by atoms with E-state index in [1.54, 1.807) is 23.1 Å². The molecule has 2 atom stereocenters. The van der Waals surface area contributed by atoms with Crippen LogP contribution in [0.25, 0.3) is 0 Å². The van der Waals surface area contributed by atoms with Gasteiger partial charge >= 0.3 is 12.0 Å². The fourth-order valence-corrected chi connectivity index (χ4v) is 3.93. The number of rotatable bonds is 3. The van der Waals surface area contributed by atoms with Gasteiger partial charge in [0, 0.05) is 17.7 Å². The fourth-order valence-electron chi connectivity index (χ4n) is 3.93. The van der Waals surface area contributed by atoms with E-state index < -0.39 is 11.7 Å². The smallest absolute Gasteiger partial charge is 0.337 e. The number of benzene rings is 2. The molecule has 4 rings (SSSR count). The summed E-state index contributed by atoms with van der Waals surface area (Å²) >= 11 is 0. The van der Waals surface area contributed by atoms with E-state index in [1.807, 2.05) is 31.2 Å². The molecule has 0 aliphatic carbocycles. The Kier molecular flexibility index (Phi) is 4.06. The SMILES string of the molecule is CCc1cccc(N2C(=O)N[C@H]3C[C@]2(C)Oc2ccc(C(=O)OC)cc23)c1. The molecule has 0 aromatic heterocycles. The van der Waals surface area contributed by atoms with Crippen molar-refractivity contribution in [2.75, 3.05) is 12.0 Å². The average molecular weight is 366 g/mol. The number of carbonyl (C=O) groups is 2. The highest BCUT2D eigenvalue weighted by Gasteiger charge is 2.50. The molecule has 0 unspecified atom stereocenters. The Labute approximate surface area is 158 Å². The maximum absolute atomic E-state index is 12.9. The van der Waals surface area contributed by atoms with Crippen molar-refractivity contribution < 1.29 is 19.1 Å². The molecular weight excluding hydrogens is 344 g/mol. The second-order valence-electron chi connectivity index (χ2n) is 7.09. The molecule has 2 aliphatic rings. The van der Waals surface area contributed by atoms with Crippen molar-refractivity contribution in [2.45, 2.75) is 38.5 Å². The summed E-state index contributed by atoms with van der Waals surface area (Å²) in [6, 6.07) is 12.7. The molecule has 2 aromatic rings. The Bertz CT molecular complexity index is 926. The van der Waals surface area contributed by atoms with Crippen LogP contribution < -0.4 is 15.0 Å².